The summed E-state index contributed by atoms with van der Waals surface area (Å²) < 4.78 is 22.4. The van der Waals surface area contributed by atoms with Gasteiger partial charge in [-0.25, -0.2) is 0 Å². The molecule has 0 saturated carbocycles. The van der Waals surface area contributed by atoms with E-state index in [1.807, 2.05) is 18.2 Å². The fourth-order valence-electron chi connectivity index (χ4n) is 3.99. The molecule has 0 aliphatic carbocycles. The van der Waals surface area contributed by atoms with Gasteiger partial charge in [0, 0.05) is 12.5 Å². The van der Waals surface area contributed by atoms with Crippen LogP contribution in [0.2, 0.25) is 0 Å². The molecule has 27 heavy (non-hydrogen) atoms. The third-order valence-corrected chi connectivity index (χ3v) is 5.71. The lowest BCUT2D eigenvalue weighted by Gasteiger charge is -2.60. The molecule has 3 saturated heterocycles. The number of ether oxygens (including phenoxy) is 4. The van der Waals surface area contributed by atoms with Crippen LogP contribution in [0.4, 0.5) is 0 Å². The molecule has 0 radical (unpaired) electrons. The molecule has 4 rings (SSSR count). The number of fused-ring (bicyclic) bond motifs is 3. The van der Waals surface area contributed by atoms with Crippen LogP contribution in [0.15, 0.2) is 18.2 Å². The molecule has 2 bridgehead atoms. The minimum absolute atomic E-state index is 0.386. The quantitative estimate of drug-likeness (QED) is 0.869. The number of hydrogen-bond acceptors (Lipinski definition) is 8. The van der Waals surface area contributed by atoms with Gasteiger partial charge in [0.2, 0.25) is 11.7 Å². The first kappa shape index (κ1) is 18.5. The number of nitriles is 3. The van der Waals surface area contributed by atoms with Gasteiger partial charge in [0.15, 0.2) is 10.8 Å². The Kier molecular flexibility index (Phi) is 4.03. The van der Waals surface area contributed by atoms with E-state index in [2.05, 4.69) is 0 Å². The lowest BCUT2D eigenvalue weighted by atomic mass is 9.51. The van der Waals surface area contributed by atoms with Crippen LogP contribution in [0.3, 0.4) is 0 Å². The van der Waals surface area contributed by atoms with Crippen molar-refractivity contribution in [2.24, 2.45) is 16.7 Å². The van der Waals surface area contributed by atoms with E-state index >= 15 is 0 Å². The number of nitrogens with one attached hydrogen (secondary N) is 1. The van der Waals surface area contributed by atoms with Crippen molar-refractivity contribution in [3.05, 3.63) is 23.8 Å². The molecule has 3 aliphatic heterocycles. The first-order valence-electron chi connectivity index (χ1n) is 8.21. The maximum atomic E-state index is 10.1. The lowest BCUT2D eigenvalue weighted by molar-refractivity contribution is -0.338. The molecule has 3 aliphatic rings. The Labute approximate surface area is 156 Å². The number of rotatable bonds is 3. The van der Waals surface area contributed by atoms with E-state index in [0.29, 0.717) is 17.1 Å². The highest BCUT2D eigenvalue weighted by molar-refractivity contribution is 5.89. The molecule has 1 N–H and O–H groups in total. The Bertz CT molecular complexity index is 926. The smallest absolute Gasteiger partial charge is 0.215 e. The second-order valence-corrected chi connectivity index (χ2v) is 6.73. The average molecular weight is 366 g/mol. The van der Waals surface area contributed by atoms with E-state index in [1.165, 1.54) is 14.2 Å². The summed E-state index contributed by atoms with van der Waals surface area (Å²) in [7, 11) is 2.95. The van der Waals surface area contributed by atoms with Gasteiger partial charge in [0.25, 0.3) is 0 Å². The van der Waals surface area contributed by atoms with Crippen LogP contribution in [0, 0.1) is 56.2 Å². The predicted molar refractivity (Wildman–Crippen MR) is 91.5 cm³/mol. The van der Waals surface area contributed by atoms with Gasteiger partial charge >= 0.3 is 0 Å². The highest BCUT2D eigenvalue weighted by atomic mass is 16.7. The molecule has 1 aromatic carbocycles. The molecule has 3 fully saturated rings. The average Bonchev–Trinajstić information content (AvgIpc) is 2.68. The zero-order valence-corrected chi connectivity index (χ0v) is 15.4. The molecule has 0 aromatic heterocycles. The first-order chi connectivity index (χ1) is 12.8. The largest absolute Gasteiger partial charge is 0.497 e. The van der Waals surface area contributed by atoms with Gasteiger partial charge < -0.3 is 18.9 Å². The molecule has 0 spiro atoms. The SMILES string of the molecule is COc1ccc(OC)c([C@H]2O[C@]3(C)OC(=N)[C@]2(C#N)C(C#N)(C#N)[C@@H]3C)c1. The van der Waals surface area contributed by atoms with Crippen molar-refractivity contribution in [3.8, 4) is 29.7 Å². The molecule has 4 atom stereocenters. The third kappa shape index (κ3) is 2.01. The number of benzene rings is 1. The minimum Gasteiger partial charge on any atom is -0.497 e. The number of hydrogen-bond donors (Lipinski definition) is 1. The van der Waals surface area contributed by atoms with Crippen LogP contribution in [-0.4, -0.2) is 25.9 Å². The van der Waals surface area contributed by atoms with Gasteiger partial charge in [-0.1, -0.05) is 6.92 Å². The van der Waals surface area contributed by atoms with Gasteiger partial charge in [-0.15, -0.1) is 0 Å². The summed E-state index contributed by atoms with van der Waals surface area (Å²) in [5.41, 5.74) is -3.41. The van der Waals surface area contributed by atoms with Crippen molar-refractivity contribution in [2.45, 2.75) is 25.7 Å². The van der Waals surface area contributed by atoms with Crippen molar-refractivity contribution in [1.82, 2.24) is 0 Å². The molecule has 1 aromatic rings. The fraction of sp³-hybridized carbons (Fsp3) is 0.474. The van der Waals surface area contributed by atoms with Crippen LogP contribution < -0.4 is 9.47 Å². The van der Waals surface area contributed by atoms with Crippen LogP contribution in [-0.2, 0) is 9.47 Å². The summed E-state index contributed by atoms with van der Waals surface area (Å²) in [6.45, 7) is 3.18. The van der Waals surface area contributed by atoms with Gasteiger partial charge in [-0.3, -0.25) is 5.41 Å². The number of nitrogens with zero attached hydrogens (tertiary/aromatic N) is 3. The van der Waals surface area contributed by atoms with Crippen molar-refractivity contribution in [1.29, 1.82) is 21.2 Å². The Balaban J connectivity index is 2.37. The van der Waals surface area contributed by atoms with Crippen molar-refractivity contribution < 1.29 is 18.9 Å². The van der Waals surface area contributed by atoms with Gasteiger partial charge in [0.1, 0.15) is 17.6 Å². The van der Waals surface area contributed by atoms with E-state index < -0.39 is 34.5 Å². The molecule has 138 valence electrons. The van der Waals surface area contributed by atoms with Gasteiger partial charge in [-0.2, -0.15) is 15.8 Å². The second kappa shape index (κ2) is 5.87. The molecule has 8 heteroatoms. The molecule has 3 heterocycles. The van der Waals surface area contributed by atoms with Crippen molar-refractivity contribution in [3.63, 3.8) is 0 Å². The van der Waals surface area contributed by atoms with Crippen LogP contribution in [0.1, 0.15) is 25.5 Å². The predicted octanol–water partition coefficient (Wildman–Crippen LogP) is 2.68. The zero-order chi connectivity index (χ0) is 20.0. The van der Waals surface area contributed by atoms with E-state index in [0.717, 1.165) is 0 Å². The molecule has 0 amide bonds. The normalized spacial score (nSPS) is 33.1. The monoisotopic (exact) mass is 366 g/mol. The first-order valence-corrected chi connectivity index (χ1v) is 8.21. The van der Waals surface area contributed by atoms with Crippen LogP contribution >= 0.6 is 0 Å². The van der Waals surface area contributed by atoms with E-state index in [9.17, 15) is 15.8 Å². The lowest BCUT2D eigenvalue weighted by Crippen LogP contribution is -2.71. The van der Waals surface area contributed by atoms with Crippen molar-refractivity contribution >= 4 is 5.90 Å². The standard InChI is InChI=1S/C19H18N4O4/c1-11-17(2)26-15(13-7-12(24-3)5-6-14(13)25-4)19(10-22,16(23)27-17)18(11,8-20)9-21/h5-7,11,15,23H,1-4H3/t11-,15-,17-,19-/m1/s1. The summed E-state index contributed by atoms with van der Waals surface area (Å²) in [5.74, 6) is -1.80. The molecule has 8 nitrogen and oxygen atoms in total. The molecule has 0 unspecified atom stereocenters. The maximum absolute atomic E-state index is 10.1. The van der Waals surface area contributed by atoms with E-state index in [4.69, 9.17) is 24.4 Å². The Morgan fingerprint density at radius 2 is 1.78 bits per heavy atom. The summed E-state index contributed by atoms with van der Waals surface area (Å²) >= 11 is 0. The summed E-state index contributed by atoms with van der Waals surface area (Å²) in [4.78, 5) is 0. The second-order valence-electron chi connectivity index (χ2n) is 6.73. The summed E-state index contributed by atoms with van der Waals surface area (Å²) in [6, 6.07) is 11.0. The van der Waals surface area contributed by atoms with Crippen molar-refractivity contribution in [2.75, 3.05) is 14.2 Å². The zero-order valence-electron chi connectivity index (χ0n) is 15.4. The highest BCUT2D eigenvalue weighted by Gasteiger charge is 2.78. The summed E-state index contributed by atoms with van der Waals surface area (Å²) in [5, 5.41) is 38.5. The molecular weight excluding hydrogens is 348 g/mol. The summed E-state index contributed by atoms with van der Waals surface area (Å²) in [6.07, 6.45) is -1.13. The highest BCUT2D eigenvalue weighted by Crippen LogP contribution is 2.66. The third-order valence-electron chi connectivity index (χ3n) is 5.71. The van der Waals surface area contributed by atoms with E-state index in [1.54, 1.807) is 32.0 Å². The minimum atomic E-state index is -1.96. The van der Waals surface area contributed by atoms with E-state index in [-0.39, 0.29) is 0 Å². The Morgan fingerprint density at radius 1 is 1.11 bits per heavy atom. The Morgan fingerprint density at radius 3 is 2.30 bits per heavy atom. The topological polar surface area (TPSA) is 132 Å². The van der Waals surface area contributed by atoms with Crippen LogP contribution in [0.25, 0.3) is 0 Å². The molecular formula is C19H18N4O4. The Hall–Kier alpha value is -3.28. The fourth-order valence-corrected chi connectivity index (χ4v) is 3.99. The van der Waals surface area contributed by atoms with Gasteiger partial charge in [0.05, 0.1) is 38.3 Å². The maximum Gasteiger partial charge on any atom is 0.215 e. The number of methoxy groups -OCH3 is 2. The van der Waals surface area contributed by atoms with Gasteiger partial charge in [-0.05, 0) is 18.2 Å². The van der Waals surface area contributed by atoms with Crippen LogP contribution in [0.5, 0.6) is 11.5 Å².